The highest BCUT2D eigenvalue weighted by molar-refractivity contribution is 5.90. The third kappa shape index (κ3) is 4.72. The summed E-state index contributed by atoms with van der Waals surface area (Å²) in [6, 6.07) is 16.2. The number of anilines is 2. The molecule has 36 heavy (non-hydrogen) atoms. The van der Waals surface area contributed by atoms with Crippen LogP contribution in [0.25, 0.3) is 21.9 Å². The molecule has 0 aliphatic rings. The van der Waals surface area contributed by atoms with Gasteiger partial charge in [0.15, 0.2) is 5.82 Å². The van der Waals surface area contributed by atoms with Crippen LogP contribution in [0.5, 0.6) is 0 Å². The Hall–Kier alpha value is -4.40. The summed E-state index contributed by atoms with van der Waals surface area (Å²) in [6.45, 7) is 7.23. The fourth-order valence-electron chi connectivity index (χ4n) is 4.45. The summed E-state index contributed by atoms with van der Waals surface area (Å²) in [6.07, 6.45) is 6.41. The van der Waals surface area contributed by atoms with E-state index in [0.29, 0.717) is 25.5 Å². The van der Waals surface area contributed by atoms with Gasteiger partial charge in [0.25, 0.3) is 0 Å². The minimum atomic E-state index is -0.933. The zero-order valence-electron chi connectivity index (χ0n) is 20.6. The molecule has 0 atom stereocenters. The number of aromatic nitrogens is 5. The monoisotopic (exact) mass is 483 g/mol. The van der Waals surface area contributed by atoms with Crippen LogP contribution in [0, 0.1) is 0 Å². The van der Waals surface area contributed by atoms with Crippen molar-refractivity contribution in [1.29, 1.82) is 0 Å². The molecule has 184 valence electrons. The molecule has 4 heterocycles. The Bertz CT molecular complexity index is 1520. The zero-order chi connectivity index (χ0) is 25.3. The summed E-state index contributed by atoms with van der Waals surface area (Å²) in [5.74, 6) is 0.676. The van der Waals surface area contributed by atoms with Crippen molar-refractivity contribution in [2.24, 2.45) is 0 Å². The van der Waals surface area contributed by atoms with Crippen LogP contribution in [-0.2, 0) is 13.1 Å². The van der Waals surface area contributed by atoms with Gasteiger partial charge in [-0.1, -0.05) is 6.07 Å². The van der Waals surface area contributed by atoms with E-state index in [1.165, 1.54) is 11.2 Å². The number of nitrogens with one attached hydrogen (secondary N) is 1. The molecule has 2 N–H and O–H groups in total. The molecule has 1 amide bonds. The Morgan fingerprint density at radius 2 is 1.86 bits per heavy atom. The van der Waals surface area contributed by atoms with E-state index in [9.17, 15) is 9.90 Å². The summed E-state index contributed by atoms with van der Waals surface area (Å²) < 4.78 is 4.18. The number of benzene rings is 1. The van der Waals surface area contributed by atoms with Gasteiger partial charge in [0, 0.05) is 53.8 Å². The van der Waals surface area contributed by atoms with Gasteiger partial charge in [-0.3, -0.25) is 4.98 Å². The average molecular weight is 484 g/mol. The summed E-state index contributed by atoms with van der Waals surface area (Å²) in [5.41, 5.74) is 4.19. The van der Waals surface area contributed by atoms with Crippen molar-refractivity contribution in [3.63, 3.8) is 0 Å². The van der Waals surface area contributed by atoms with Gasteiger partial charge in [-0.25, -0.2) is 14.8 Å². The Kier molecular flexibility index (Phi) is 6.05. The lowest BCUT2D eigenvalue weighted by Gasteiger charge is -2.33. The van der Waals surface area contributed by atoms with E-state index < -0.39 is 11.6 Å². The Morgan fingerprint density at radius 3 is 2.61 bits per heavy atom. The van der Waals surface area contributed by atoms with Gasteiger partial charge in [-0.2, -0.15) is 0 Å². The van der Waals surface area contributed by atoms with E-state index in [0.717, 1.165) is 33.3 Å². The maximum absolute atomic E-state index is 11.8. The number of hydrogen-bond donors (Lipinski definition) is 2. The van der Waals surface area contributed by atoms with Crippen molar-refractivity contribution in [2.75, 3.05) is 11.9 Å². The molecule has 0 aliphatic carbocycles. The van der Waals surface area contributed by atoms with E-state index in [1.54, 1.807) is 0 Å². The smallest absolute Gasteiger partial charge is 0.407 e. The SMILES string of the molecule is CC(C)(C)N(CCn1ccc2ncnc(Nc3ccc4c(ccn4Cc4ccccn4)c3)c21)C(=O)O. The van der Waals surface area contributed by atoms with Crippen LogP contribution in [0.3, 0.4) is 0 Å². The highest BCUT2D eigenvalue weighted by Gasteiger charge is 2.26. The molecule has 9 nitrogen and oxygen atoms in total. The first-order chi connectivity index (χ1) is 17.3. The molecular formula is C27H29N7O2. The van der Waals surface area contributed by atoms with Gasteiger partial charge in [0.2, 0.25) is 0 Å². The largest absolute Gasteiger partial charge is 0.465 e. The average Bonchev–Trinajstić information content (AvgIpc) is 3.43. The molecule has 0 bridgehead atoms. The first kappa shape index (κ1) is 23.3. The summed E-state index contributed by atoms with van der Waals surface area (Å²) in [4.78, 5) is 26.5. The van der Waals surface area contributed by atoms with E-state index in [2.05, 4.69) is 49.2 Å². The van der Waals surface area contributed by atoms with Gasteiger partial charge in [0.05, 0.1) is 17.8 Å². The predicted octanol–water partition coefficient (Wildman–Crippen LogP) is 5.35. The van der Waals surface area contributed by atoms with Gasteiger partial charge in [-0.15, -0.1) is 0 Å². The van der Waals surface area contributed by atoms with Crippen LogP contribution >= 0.6 is 0 Å². The Morgan fingerprint density at radius 1 is 1.03 bits per heavy atom. The number of fused-ring (bicyclic) bond motifs is 2. The molecular weight excluding hydrogens is 454 g/mol. The molecule has 9 heteroatoms. The quantitative estimate of drug-likeness (QED) is 0.324. The second-order valence-corrected chi connectivity index (χ2v) is 9.73. The van der Waals surface area contributed by atoms with Crippen LogP contribution < -0.4 is 5.32 Å². The maximum atomic E-state index is 11.8. The standard InChI is InChI=1S/C27H29N7O2/c1-27(2,3)34(26(35)36)15-14-32-13-10-22-24(32)25(30-18-29-22)31-20-7-8-23-19(16-20)9-12-33(23)17-21-6-4-5-11-28-21/h4-13,16,18H,14-15,17H2,1-3H3,(H,35,36)(H,29,30,31). The lowest BCUT2D eigenvalue weighted by molar-refractivity contribution is 0.0981. The molecule has 0 unspecified atom stereocenters. The van der Waals surface area contributed by atoms with Gasteiger partial charge >= 0.3 is 6.09 Å². The third-order valence-electron chi connectivity index (χ3n) is 6.25. The van der Waals surface area contributed by atoms with E-state index in [-0.39, 0.29) is 0 Å². The molecule has 5 aromatic rings. The van der Waals surface area contributed by atoms with E-state index in [4.69, 9.17) is 0 Å². The number of carboxylic acid groups (broad SMARTS) is 1. The first-order valence-corrected chi connectivity index (χ1v) is 11.9. The van der Waals surface area contributed by atoms with Crippen LogP contribution in [-0.4, -0.2) is 52.3 Å². The Labute approximate surface area is 209 Å². The van der Waals surface area contributed by atoms with E-state index in [1.807, 2.05) is 68.1 Å². The maximum Gasteiger partial charge on any atom is 0.407 e. The molecule has 0 fully saturated rings. The van der Waals surface area contributed by atoms with Crippen LogP contribution in [0.2, 0.25) is 0 Å². The van der Waals surface area contributed by atoms with Crippen molar-refractivity contribution in [2.45, 2.75) is 39.4 Å². The minimum absolute atomic E-state index is 0.354. The fraction of sp³-hybridized carbons (Fsp3) is 0.259. The van der Waals surface area contributed by atoms with E-state index >= 15 is 0 Å². The fourth-order valence-corrected chi connectivity index (χ4v) is 4.45. The number of hydrogen-bond acceptors (Lipinski definition) is 5. The van der Waals surface area contributed by atoms with Crippen molar-refractivity contribution in [3.8, 4) is 0 Å². The lowest BCUT2D eigenvalue weighted by Crippen LogP contribution is -2.46. The van der Waals surface area contributed by atoms with Crippen molar-refractivity contribution in [1.82, 2.24) is 29.0 Å². The number of rotatable bonds is 7. The van der Waals surface area contributed by atoms with Crippen LogP contribution in [0.4, 0.5) is 16.3 Å². The summed E-state index contributed by atoms with van der Waals surface area (Å²) in [5, 5.41) is 14.2. The highest BCUT2D eigenvalue weighted by Crippen LogP contribution is 2.27. The topological polar surface area (TPSA) is 101 Å². The Balaban J connectivity index is 1.40. The van der Waals surface area contributed by atoms with Gasteiger partial charge in [0.1, 0.15) is 11.8 Å². The molecule has 0 aliphatic heterocycles. The molecule has 4 aromatic heterocycles. The zero-order valence-corrected chi connectivity index (χ0v) is 20.6. The molecule has 0 saturated heterocycles. The van der Waals surface area contributed by atoms with Crippen molar-refractivity contribution in [3.05, 3.63) is 79.1 Å². The number of nitrogens with zero attached hydrogens (tertiary/aromatic N) is 6. The van der Waals surface area contributed by atoms with Crippen molar-refractivity contribution < 1.29 is 9.90 Å². The summed E-state index contributed by atoms with van der Waals surface area (Å²) >= 11 is 0. The number of pyridine rings is 1. The second kappa shape index (κ2) is 9.33. The second-order valence-electron chi connectivity index (χ2n) is 9.73. The van der Waals surface area contributed by atoms with Crippen molar-refractivity contribution >= 4 is 39.5 Å². The third-order valence-corrected chi connectivity index (χ3v) is 6.25. The highest BCUT2D eigenvalue weighted by atomic mass is 16.4. The van der Waals surface area contributed by atoms with Crippen LogP contribution in [0.1, 0.15) is 26.5 Å². The number of amides is 1. The first-order valence-electron chi connectivity index (χ1n) is 11.9. The minimum Gasteiger partial charge on any atom is -0.465 e. The molecule has 0 saturated carbocycles. The summed E-state index contributed by atoms with van der Waals surface area (Å²) in [7, 11) is 0. The van der Waals surface area contributed by atoms with Crippen LogP contribution in [0.15, 0.2) is 73.4 Å². The predicted molar refractivity (Wildman–Crippen MR) is 141 cm³/mol. The molecule has 0 radical (unpaired) electrons. The molecule has 0 spiro atoms. The molecule has 1 aromatic carbocycles. The van der Waals surface area contributed by atoms with Gasteiger partial charge < -0.3 is 24.5 Å². The molecule has 5 rings (SSSR count). The number of carbonyl (C=O) groups is 1. The lowest BCUT2D eigenvalue weighted by atomic mass is 10.1. The van der Waals surface area contributed by atoms with Gasteiger partial charge in [-0.05, 0) is 63.2 Å². The normalized spacial score (nSPS) is 11.8.